The zero-order chi connectivity index (χ0) is 12.8. The molecule has 0 atom stereocenters. The van der Waals surface area contributed by atoms with E-state index in [0.29, 0.717) is 29.9 Å². The first kappa shape index (κ1) is 11.7. The number of rotatable bonds is 1. The Morgan fingerprint density at radius 2 is 2.12 bits per heavy atom. The van der Waals surface area contributed by atoms with Gasteiger partial charge >= 0.3 is 0 Å². The van der Waals surface area contributed by atoms with Crippen molar-refractivity contribution in [3.8, 4) is 0 Å². The van der Waals surface area contributed by atoms with Crippen molar-refractivity contribution in [1.82, 2.24) is 0 Å². The van der Waals surface area contributed by atoms with E-state index in [-0.39, 0.29) is 11.2 Å². The van der Waals surface area contributed by atoms with Gasteiger partial charge in [-0.3, -0.25) is 4.79 Å². The third kappa shape index (κ3) is 1.81. The lowest BCUT2D eigenvalue weighted by atomic mass is 9.75. The van der Waals surface area contributed by atoms with Crippen molar-refractivity contribution in [1.29, 1.82) is 0 Å². The van der Waals surface area contributed by atoms with Crippen molar-refractivity contribution in [3.63, 3.8) is 0 Å². The SMILES string of the molecule is Cc1c(C(N)=O)oc2c1C(=NO)CC(C)(C)C2. The van der Waals surface area contributed by atoms with Gasteiger partial charge in [-0.1, -0.05) is 19.0 Å². The fourth-order valence-corrected chi connectivity index (χ4v) is 2.43. The third-order valence-corrected chi connectivity index (χ3v) is 3.14. The highest BCUT2D eigenvalue weighted by atomic mass is 16.4. The molecule has 3 N–H and O–H groups in total. The maximum Gasteiger partial charge on any atom is 0.284 e. The number of nitrogens with zero attached hydrogens (tertiary/aromatic N) is 1. The number of oxime groups is 1. The molecule has 1 aliphatic carbocycles. The zero-order valence-corrected chi connectivity index (χ0v) is 10.2. The summed E-state index contributed by atoms with van der Waals surface area (Å²) in [7, 11) is 0. The molecule has 1 aromatic rings. The second-order valence-electron chi connectivity index (χ2n) is 5.28. The summed E-state index contributed by atoms with van der Waals surface area (Å²) in [5.74, 6) is 0.251. The molecule has 0 aromatic carbocycles. The molecule has 0 spiro atoms. The van der Waals surface area contributed by atoms with Gasteiger partial charge in [0.2, 0.25) is 0 Å². The second kappa shape index (κ2) is 3.61. The van der Waals surface area contributed by atoms with Crippen molar-refractivity contribution in [2.75, 3.05) is 0 Å². The van der Waals surface area contributed by atoms with Crippen molar-refractivity contribution in [2.24, 2.45) is 16.3 Å². The number of amides is 1. The lowest BCUT2D eigenvalue weighted by molar-refractivity contribution is 0.0970. The summed E-state index contributed by atoms with van der Waals surface area (Å²) in [6, 6.07) is 0. The van der Waals surface area contributed by atoms with Crippen molar-refractivity contribution in [3.05, 3.63) is 22.6 Å². The van der Waals surface area contributed by atoms with E-state index in [0.717, 1.165) is 5.56 Å². The van der Waals surface area contributed by atoms with Gasteiger partial charge in [-0.15, -0.1) is 0 Å². The fraction of sp³-hybridized carbons (Fsp3) is 0.500. The first-order valence-electron chi connectivity index (χ1n) is 5.49. The Balaban J connectivity index is 2.63. The van der Waals surface area contributed by atoms with Crippen LogP contribution in [0.3, 0.4) is 0 Å². The minimum atomic E-state index is -0.591. The van der Waals surface area contributed by atoms with E-state index in [4.69, 9.17) is 15.4 Å². The molecule has 1 amide bonds. The number of furan rings is 1. The Morgan fingerprint density at radius 1 is 1.47 bits per heavy atom. The first-order valence-corrected chi connectivity index (χ1v) is 5.49. The summed E-state index contributed by atoms with van der Waals surface area (Å²) in [5, 5.41) is 12.4. The fourth-order valence-electron chi connectivity index (χ4n) is 2.43. The Hall–Kier alpha value is -1.78. The van der Waals surface area contributed by atoms with Gasteiger partial charge in [0.25, 0.3) is 5.91 Å². The normalized spacial score (nSPS) is 20.3. The molecule has 0 saturated carbocycles. The minimum Gasteiger partial charge on any atom is -0.455 e. The van der Waals surface area contributed by atoms with Gasteiger partial charge in [0.1, 0.15) is 5.76 Å². The van der Waals surface area contributed by atoms with Crippen molar-refractivity contribution < 1.29 is 14.4 Å². The molecule has 2 rings (SSSR count). The van der Waals surface area contributed by atoms with Crippen LogP contribution in [0.15, 0.2) is 9.57 Å². The molecule has 5 nitrogen and oxygen atoms in total. The Kier molecular flexibility index (Phi) is 2.49. The van der Waals surface area contributed by atoms with Crippen molar-refractivity contribution >= 4 is 11.6 Å². The highest BCUT2D eigenvalue weighted by molar-refractivity contribution is 6.06. The summed E-state index contributed by atoms with van der Waals surface area (Å²) in [6.07, 6.45) is 1.35. The van der Waals surface area contributed by atoms with Crippen LogP contribution in [0.4, 0.5) is 0 Å². The van der Waals surface area contributed by atoms with Gasteiger partial charge in [0, 0.05) is 17.5 Å². The summed E-state index contributed by atoms with van der Waals surface area (Å²) < 4.78 is 5.50. The second-order valence-corrected chi connectivity index (χ2v) is 5.28. The van der Waals surface area contributed by atoms with E-state index in [1.807, 2.05) is 0 Å². The molecule has 0 fully saturated rings. The van der Waals surface area contributed by atoms with Crippen LogP contribution in [0.2, 0.25) is 0 Å². The Bertz CT molecular complexity index is 512. The molecule has 92 valence electrons. The molecule has 1 heterocycles. The van der Waals surface area contributed by atoms with E-state index < -0.39 is 5.91 Å². The average molecular weight is 236 g/mol. The van der Waals surface area contributed by atoms with E-state index >= 15 is 0 Å². The van der Waals surface area contributed by atoms with E-state index in [1.54, 1.807) is 6.92 Å². The number of hydrogen-bond acceptors (Lipinski definition) is 4. The summed E-state index contributed by atoms with van der Waals surface area (Å²) in [4.78, 5) is 11.2. The molecule has 0 unspecified atom stereocenters. The minimum absolute atomic E-state index is 0.0478. The number of hydrogen-bond donors (Lipinski definition) is 2. The molecule has 1 aliphatic rings. The standard InChI is InChI=1S/C12H16N2O3/c1-6-9-7(14-16)4-12(2,3)5-8(9)17-10(6)11(13)15/h16H,4-5H2,1-3H3,(H2,13,15). The van der Waals surface area contributed by atoms with Gasteiger partial charge in [0.15, 0.2) is 5.76 Å². The van der Waals surface area contributed by atoms with E-state index in [9.17, 15) is 4.79 Å². The van der Waals surface area contributed by atoms with Crippen LogP contribution in [0.25, 0.3) is 0 Å². The number of nitrogens with two attached hydrogens (primary N) is 1. The molecular formula is C12H16N2O3. The molecule has 0 radical (unpaired) electrons. The van der Waals surface area contributed by atoms with Crippen LogP contribution in [0.1, 0.15) is 47.7 Å². The quantitative estimate of drug-likeness (QED) is 0.576. The largest absolute Gasteiger partial charge is 0.455 e. The highest BCUT2D eigenvalue weighted by Gasteiger charge is 2.35. The van der Waals surface area contributed by atoms with Crippen LogP contribution in [-0.4, -0.2) is 16.8 Å². The van der Waals surface area contributed by atoms with Crippen LogP contribution in [0, 0.1) is 12.3 Å². The molecular weight excluding hydrogens is 220 g/mol. The maximum absolute atomic E-state index is 11.2. The van der Waals surface area contributed by atoms with Crippen LogP contribution in [-0.2, 0) is 6.42 Å². The number of carbonyl (C=O) groups is 1. The van der Waals surface area contributed by atoms with Gasteiger partial charge in [0.05, 0.1) is 5.71 Å². The van der Waals surface area contributed by atoms with E-state index in [2.05, 4.69) is 19.0 Å². The monoisotopic (exact) mass is 236 g/mol. The highest BCUT2D eigenvalue weighted by Crippen LogP contribution is 2.38. The average Bonchev–Trinajstić information content (AvgIpc) is 2.53. The third-order valence-electron chi connectivity index (χ3n) is 3.14. The summed E-state index contributed by atoms with van der Waals surface area (Å²) in [6.45, 7) is 5.87. The van der Waals surface area contributed by atoms with Gasteiger partial charge in [-0.05, 0) is 18.8 Å². The molecule has 17 heavy (non-hydrogen) atoms. The van der Waals surface area contributed by atoms with E-state index in [1.165, 1.54) is 0 Å². The van der Waals surface area contributed by atoms with Gasteiger partial charge in [-0.25, -0.2) is 0 Å². The predicted molar refractivity (Wildman–Crippen MR) is 62.4 cm³/mol. The molecule has 1 aromatic heterocycles. The Labute approximate surface area is 99.3 Å². The summed E-state index contributed by atoms with van der Waals surface area (Å²) >= 11 is 0. The lowest BCUT2D eigenvalue weighted by Gasteiger charge is -2.28. The first-order chi connectivity index (χ1) is 7.85. The van der Waals surface area contributed by atoms with Gasteiger partial charge < -0.3 is 15.4 Å². The number of carbonyl (C=O) groups excluding carboxylic acids is 1. The Morgan fingerprint density at radius 3 is 2.65 bits per heavy atom. The summed E-state index contributed by atoms with van der Waals surface area (Å²) in [5.41, 5.74) is 7.16. The zero-order valence-electron chi connectivity index (χ0n) is 10.2. The van der Waals surface area contributed by atoms with Crippen LogP contribution in [0.5, 0.6) is 0 Å². The van der Waals surface area contributed by atoms with Crippen LogP contribution >= 0.6 is 0 Å². The molecule has 0 saturated heterocycles. The smallest absolute Gasteiger partial charge is 0.284 e. The predicted octanol–water partition coefficient (Wildman–Crippen LogP) is 1.84. The van der Waals surface area contributed by atoms with Crippen molar-refractivity contribution in [2.45, 2.75) is 33.6 Å². The number of primary amides is 1. The van der Waals surface area contributed by atoms with Gasteiger partial charge in [-0.2, -0.15) is 0 Å². The molecule has 5 heteroatoms. The molecule has 0 bridgehead atoms. The molecule has 0 aliphatic heterocycles. The topological polar surface area (TPSA) is 88.8 Å². The maximum atomic E-state index is 11.2. The number of fused-ring (bicyclic) bond motifs is 1. The lowest BCUT2D eigenvalue weighted by Crippen LogP contribution is -2.27. The van der Waals surface area contributed by atoms with Crippen LogP contribution < -0.4 is 5.73 Å².